The second-order valence-electron chi connectivity index (χ2n) is 5.97. The first kappa shape index (κ1) is 16.3. The molecule has 1 aliphatic rings. The van der Waals surface area contributed by atoms with E-state index in [-0.39, 0.29) is 17.2 Å². The van der Waals surface area contributed by atoms with E-state index in [1.807, 2.05) is 24.3 Å². The maximum absolute atomic E-state index is 13.2. The van der Waals surface area contributed by atoms with Crippen molar-refractivity contribution in [1.29, 1.82) is 0 Å². The smallest absolute Gasteiger partial charge is 0.261 e. The van der Waals surface area contributed by atoms with Crippen LogP contribution < -0.4 is 0 Å². The number of aliphatic hydroxyl groups excluding tert-OH is 1. The minimum absolute atomic E-state index is 0.122. The molecule has 2 aromatic heterocycles. The van der Waals surface area contributed by atoms with E-state index >= 15 is 0 Å². The first-order valence-corrected chi connectivity index (χ1v) is 8.40. The van der Waals surface area contributed by atoms with E-state index in [0.717, 1.165) is 11.0 Å². The summed E-state index contributed by atoms with van der Waals surface area (Å²) in [7, 11) is 0. The Labute approximate surface area is 150 Å². The Balaban J connectivity index is 1.84. The number of imidazole rings is 1. The molecule has 0 bridgehead atoms. The molecule has 1 aromatic carbocycles. The number of rotatable bonds is 3. The zero-order valence-electron chi connectivity index (χ0n) is 14.1. The van der Waals surface area contributed by atoms with Gasteiger partial charge in [-0.15, -0.1) is 0 Å². The van der Waals surface area contributed by atoms with Crippen LogP contribution in [-0.4, -0.2) is 57.2 Å². The van der Waals surface area contributed by atoms with Crippen LogP contribution in [0.2, 0.25) is 0 Å². The fraction of sp³-hybridized carbons (Fsp3) is 0.211. The van der Waals surface area contributed by atoms with Gasteiger partial charge in [0.15, 0.2) is 0 Å². The van der Waals surface area contributed by atoms with Gasteiger partial charge in [-0.1, -0.05) is 12.1 Å². The number of nitrogens with zero attached hydrogens (tertiary/aromatic N) is 3. The first-order chi connectivity index (χ1) is 12.7. The number of benzene rings is 1. The second kappa shape index (κ2) is 6.97. The molecule has 26 heavy (non-hydrogen) atoms. The molecule has 1 amide bonds. The molecule has 1 saturated heterocycles. The fourth-order valence-corrected chi connectivity index (χ4v) is 2.96. The summed E-state index contributed by atoms with van der Waals surface area (Å²) < 4.78 is 5.32. The lowest BCUT2D eigenvalue weighted by atomic mass is 10.1. The number of hydrogen-bond acceptors (Lipinski definition) is 5. The number of morpholine rings is 1. The van der Waals surface area contributed by atoms with Gasteiger partial charge in [0, 0.05) is 31.0 Å². The van der Waals surface area contributed by atoms with E-state index < -0.39 is 0 Å². The van der Waals surface area contributed by atoms with Crippen molar-refractivity contribution >= 4 is 28.3 Å². The third kappa shape index (κ3) is 3.04. The molecule has 0 atom stereocenters. The van der Waals surface area contributed by atoms with Crippen LogP contribution in [0.1, 0.15) is 11.4 Å². The topological polar surface area (TPSA) is 91.3 Å². The second-order valence-corrected chi connectivity index (χ2v) is 5.97. The predicted molar refractivity (Wildman–Crippen MR) is 97.2 cm³/mol. The number of carbonyl (C=O) groups excluding carboxylic acids is 1. The van der Waals surface area contributed by atoms with Crippen molar-refractivity contribution in [3.63, 3.8) is 0 Å². The van der Waals surface area contributed by atoms with Crippen LogP contribution in [0.4, 0.5) is 0 Å². The average Bonchev–Trinajstić information content (AvgIpc) is 3.13. The number of H-pyrrole nitrogens is 1. The third-order valence-corrected chi connectivity index (χ3v) is 4.33. The summed E-state index contributed by atoms with van der Waals surface area (Å²) in [4.78, 5) is 26.4. The Kier molecular flexibility index (Phi) is 4.37. The zero-order chi connectivity index (χ0) is 17.9. The van der Waals surface area contributed by atoms with E-state index in [4.69, 9.17) is 4.74 Å². The molecule has 1 aliphatic heterocycles. The van der Waals surface area contributed by atoms with Gasteiger partial charge in [-0.25, -0.2) is 4.98 Å². The van der Waals surface area contributed by atoms with Crippen molar-refractivity contribution in [3.8, 4) is 0 Å². The summed E-state index contributed by atoms with van der Waals surface area (Å²) in [5.41, 5.74) is 2.20. The lowest BCUT2D eigenvalue weighted by Crippen LogP contribution is -2.41. The van der Waals surface area contributed by atoms with Gasteiger partial charge in [-0.2, -0.15) is 0 Å². The number of carbonyl (C=O) groups is 1. The minimum atomic E-state index is -0.276. The number of aliphatic hydroxyl groups is 1. The standard InChI is InChI=1S/C19H18N4O3/c24-17(13-5-7-20-8-6-13)16(19(25)23-9-11-26-12-10-23)18-21-14-3-1-2-4-15(14)22-18/h1-8,24H,9-12H2,(H,21,22)/b17-16-. The molecule has 0 radical (unpaired) electrons. The van der Waals surface area contributed by atoms with Crippen molar-refractivity contribution in [2.24, 2.45) is 0 Å². The number of ether oxygens (including phenoxy) is 1. The van der Waals surface area contributed by atoms with Gasteiger partial charge >= 0.3 is 0 Å². The molecule has 0 unspecified atom stereocenters. The van der Waals surface area contributed by atoms with Crippen molar-refractivity contribution < 1.29 is 14.6 Å². The van der Waals surface area contributed by atoms with Gasteiger partial charge in [0.05, 0.1) is 24.2 Å². The monoisotopic (exact) mass is 350 g/mol. The predicted octanol–water partition coefficient (Wildman–Crippen LogP) is 2.24. The third-order valence-electron chi connectivity index (χ3n) is 4.33. The molecule has 1 fully saturated rings. The molecule has 0 aliphatic carbocycles. The van der Waals surface area contributed by atoms with E-state index in [2.05, 4.69) is 15.0 Å². The van der Waals surface area contributed by atoms with Crippen LogP contribution >= 0.6 is 0 Å². The highest BCUT2D eigenvalue weighted by atomic mass is 16.5. The Morgan fingerprint density at radius 2 is 1.85 bits per heavy atom. The highest BCUT2D eigenvalue weighted by molar-refractivity contribution is 6.25. The Morgan fingerprint density at radius 1 is 1.12 bits per heavy atom. The number of nitrogens with one attached hydrogen (secondary N) is 1. The normalized spacial score (nSPS) is 15.8. The summed E-state index contributed by atoms with van der Waals surface area (Å²) in [6.45, 7) is 1.92. The summed E-state index contributed by atoms with van der Waals surface area (Å²) in [5, 5.41) is 10.9. The lowest BCUT2D eigenvalue weighted by Gasteiger charge is -2.27. The van der Waals surface area contributed by atoms with Crippen LogP contribution in [0.3, 0.4) is 0 Å². The Hall–Kier alpha value is -3.19. The number of aromatic amines is 1. The summed E-state index contributed by atoms with van der Waals surface area (Å²) in [6.07, 6.45) is 3.14. The first-order valence-electron chi connectivity index (χ1n) is 8.40. The highest BCUT2D eigenvalue weighted by Crippen LogP contribution is 2.26. The summed E-state index contributed by atoms with van der Waals surface area (Å²) in [5.74, 6) is -0.0541. The van der Waals surface area contributed by atoms with Gasteiger partial charge in [-0.05, 0) is 24.3 Å². The highest BCUT2D eigenvalue weighted by Gasteiger charge is 2.27. The number of para-hydroxylation sites is 2. The Morgan fingerprint density at radius 3 is 2.58 bits per heavy atom. The molecule has 132 valence electrons. The molecule has 7 heteroatoms. The van der Waals surface area contributed by atoms with E-state index in [1.165, 1.54) is 0 Å². The molecule has 0 saturated carbocycles. The van der Waals surface area contributed by atoms with E-state index in [1.54, 1.807) is 29.4 Å². The molecule has 4 rings (SSSR count). The van der Waals surface area contributed by atoms with Gasteiger partial charge in [0.25, 0.3) is 5.91 Å². The number of pyridine rings is 1. The van der Waals surface area contributed by atoms with Gasteiger partial charge in [0.2, 0.25) is 0 Å². The SMILES string of the molecule is O=C(/C(=C(\O)c1ccncc1)c1nc2ccccc2[nH]1)N1CCOCC1. The number of aromatic nitrogens is 3. The number of amides is 1. The molecular formula is C19H18N4O3. The molecule has 3 heterocycles. The van der Waals surface area contributed by atoms with Crippen molar-refractivity contribution in [1.82, 2.24) is 19.9 Å². The van der Waals surface area contributed by atoms with Crippen molar-refractivity contribution in [2.45, 2.75) is 0 Å². The Bertz CT molecular complexity index is 926. The molecule has 7 nitrogen and oxygen atoms in total. The van der Waals surface area contributed by atoms with Crippen LogP contribution in [0.15, 0.2) is 48.8 Å². The summed E-state index contributed by atoms with van der Waals surface area (Å²) >= 11 is 0. The van der Waals surface area contributed by atoms with Crippen LogP contribution in [-0.2, 0) is 9.53 Å². The maximum Gasteiger partial charge on any atom is 0.261 e. The number of fused-ring (bicyclic) bond motifs is 1. The van der Waals surface area contributed by atoms with Crippen LogP contribution in [0.25, 0.3) is 22.4 Å². The zero-order valence-corrected chi connectivity index (χ0v) is 14.1. The molecular weight excluding hydrogens is 332 g/mol. The van der Waals surface area contributed by atoms with Gasteiger partial charge in [0.1, 0.15) is 17.2 Å². The van der Waals surface area contributed by atoms with Crippen LogP contribution in [0, 0.1) is 0 Å². The maximum atomic E-state index is 13.2. The minimum Gasteiger partial charge on any atom is -0.506 e. The molecule has 0 spiro atoms. The van der Waals surface area contributed by atoms with Crippen molar-refractivity contribution in [3.05, 3.63) is 60.2 Å². The van der Waals surface area contributed by atoms with E-state index in [9.17, 15) is 9.90 Å². The van der Waals surface area contributed by atoms with E-state index in [0.29, 0.717) is 37.7 Å². The quantitative estimate of drug-likeness (QED) is 0.558. The average molecular weight is 350 g/mol. The van der Waals surface area contributed by atoms with Gasteiger partial charge in [-0.3, -0.25) is 9.78 Å². The molecule has 2 N–H and O–H groups in total. The fourth-order valence-electron chi connectivity index (χ4n) is 2.96. The van der Waals surface area contributed by atoms with Crippen LogP contribution in [0.5, 0.6) is 0 Å². The number of hydrogen-bond donors (Lipinski definition) is 2. The largest absolute Gasteiger partial charge is 0.506 e. The summed E-state index contributed by atoms with van der Waals surface area (Å²) in [6, 6.07) is 10.8. The lowest BCUT2D eigenvalue weighted by molar-refractivity contribution is -0.128. The van der Waals surface area contributed by atoms with Crippen molar-refractivity contribution in [2.75, 3.05) is 26.3 Å². The van der Waals surface area contributed by atoms with Gasteiger partial charge < -0.3 is 19.7 Å². The molecule has 3 aromatic rings.